The van der Waals surface area contributed by atoms with Gasteiger partial charge in [-0.3, -0.25) is 9.59 Å². The molecule has 0 saturated heterocycles. The standard InChI is InChI=1S/C31H34N2O3/c1-33(2)28-15-8-23(9-16-28)22-4-11-25(12-5-22)31(20-21-3-10-27(31)19-21)26-13-6-24(7-14-26)30(36)32-18-17-29(34)35/h4-9,11-16,21,27H,3,10,17-20H2,1-2H3,(H,32,36)(H,34,35). The Morgan fingerprint density at radius 1 is 0.889 bits per heavy atom. The molecule has 2 aliphatic carbocycles. The molecule has 36 heavy (non-hydrogen) atoms. The number of carbonyl (C=O) groups is 2. The molecule has 2 bridgehead atoms. The average molecular weight is 483 g/mol. The molecule has 0 aromatic heterocycles. The third-order valence-corrected chi connectivity index (χ3v) is 8.25. The van der Waals surface area contributed by atoms with Crippen LogP contribution in [0.2, 0.25) is 0 Å². The predicted molar refractivity (Wildman–Crippen MR) is 143 cm³/mol. The summed E-state index contributed by atoms with van der Waals surface area (Å²) in [5, 5.41) is 11.5. The summed E-state index contributed by atoms with van der Waals surface area (Å²) in [6.45, 7) is 0.133. The van der Waals surface area contributed by atoms with Gasteiger partial charge in [-0.1, -0.05) is 55.0 Å². The Morgan fingerprint density at radius 3 is 1.97 bits per heavy atom. The lowest BCUT2D eigenvalue weighted by Gasteiger charge is -2.39. The lowest BCUT2D eigenvalue weighted by atomic mass is 9.64. The first-order valence-corrected chi connectivity index (χ1v) is 12.9. The number of fused-ring (bicyclic) bond motifs is 2. The lowest BCUT2D eigenvalue weighted by Crippen LogP contribution is -2.34. The first-order chi connectivity index (χ1) is 17.4. The first-order valence-electron chi connectivity index (χ1n) is 12.9. The maximum Gasteiger partial charge on any atom is 0.305 e. The van der Waals surface area contributed by atoms with Crippen LogP contribution in [-0.2, 0) is 10.2 Å². The Kier molecular flexibility index (Phi) is 6.57. The normalized spacial score (nSPS) is 22.4. The van der Waals surface area contributed by atoms with Gasteiger partial charge >= 0.3 is 5.97 Å². The molecule has 3 unspecified atom stereocenters. The fourth-order valence-electron chi connectivity index (χ4n) is 6.42. The Labute approximate surface area is 213 Å². The van der Waals surface area contributed by atoms with E-state index >= 15 is 0 Å². The number of hydrogen-bond donors (Lipinski definition) is 2. The van der Waals surface area contributed by atoms with Gasteiger partial charge in [0.25, 0.3) is 5.91 Å². The number of aliphatic carboxylic acids is 1. The van der Waals surface area contributed by atoms with Crippen LogP contribution in [0.5, 0.6) is 0 Å². The summed E-state index contributed by atoms with van der Waals surface area (Å²) in [4.78, 5) is 25.3. The number of carboxylic acids is 1. The highest BCUT2D eigenvalue weighted by Gasteiger charge is 2.52. The summed E-state index contributed by atoms with van der Waals surface area (Å²) in [6, 6.07) is 25.8. The van der Waals surface area contributed by atoms with E-state index in [1.807, 2.05) is 12.1 Å². The SMILES string of the molecule is CN(C)c1ccc(-c2ccc(C3(c4ccc(C(=O)NCCC(=O)O)cc4)CC4CCC3C4)cc2)cc1. The van der Waals surface area contributed by atoms with Gasteiger partial charge in [-0.05, 0) is 77.6 Å². The third kappa shape index (κ3) is 4.50. The summed E-state index contributed by atoms with van der Waals surface area (Å²) in [5.74, 6) is 0.227. The van der Waals surface area contributed by atoms with Crippen LogP contribution in [0.4, 0.5) is 5.69 Å². The third-order valence-electron chi connectivity index (χ3n) is 8.25. The molecule has 2 saturated carbocycles. The minimum Gasteiger partial charge on any atom is -0.481 e. The highest BCUT2D eigenvalue weighted by atomic mass is 16.4. The molecule has 2 fully saturated rings. The van der Waals surface area contributed by atoms with Gasteiger partial charge < -0.3 is 15.3 Å². The number of benzene rings is 3. The number of amides is 1. The molecule has 5 heteroatoms. The Balaban J connectivity index is 1.41. The van der Waals surface area contributed by atoms with Crippen molar-refractivity contribution in [3.63, 3.8) is 0 Å². The Bertz CT molecular complexity index is 1230. The predicted octanol–water partition coefficient (Wildman–Crippen LogP) is 5.73. The van der Waals surface area contributed by atoms with Crippen LogP contribution in [0.1, 0.15) is 53.6 Å². The van der Waals surface area contributed by atoms with E-state index in [9.17, 15) is 9.59 Å². The minimum absolute atomic E-state index is 0.0193. The van der Waals surface area contributed by atoms with Crippen molar-refractivity contribution >= 4 is 17.6 Å². The molecule has 0 radical (unpaired) electrons. The highest BCUT2D eigenvalue weighted by molar-refractivity contribution is 5.94. The van der Waals surface area contributed by atoms with E-state index < -0.39 is 5.97 Å². The van der Waals surface area contributed by atoms with Crippen molar-refractivity contribution in [2.75, 3.05) is 25.5 Å². The quantitative estimate of drug-likeness (QED) is 0.430. The molecular formula is C31H34N2O3. The molecule has 3 atom stereocenters. The summed E-state index contributed by atoms with van der Waals surface area (Å²) in [5.41, 5.74) is 6.81. The number of rotatable bonds is 8. The molecule has 2 aliphatic rings. The van der Waals surface area contributed by atoms with Crippen LogP contribution in [-0.4, -0.2) is 37.6 Å². The number of hydrogen-bond acceptors (Lipinski definition) is 3. The number of carbonyl (C=O) groups excluding carboxylic acids is 1. The molecule has 0 spiro atoms. The van der Waals surface area contributed by atoms with E-state index in [2.05, 4.69) is 85.0 Å². The summed E-state index contributed by atoms with van der Waals surface area (Å²) in [6.07, 6.45) is 4.90. The molecular weight excluding hydrogens is 448 g/mol. The second-order valence-electron chi connectivity index (χ2n) is 10.5. The molecule has 3 aromatic rings. The zero-order chi connectivity index (χ0) is 25.3. The van der Waals surface area contributed by atoms with Gasteiger partial charge in [-0.15, -0.1) is 0 Å². The number of carboxylic acid groups (broad SMARTS) is 1. The number of nitrogens with one attached hydrogen (secondary N) is 1. The van der Waals surface area contributed by atoms with E-state index in [1.165, 1.54) is 47.2 Å². The molecule has 186 valence electrons. The fourth-order valence-corrected chi connectivity index (χ4v) is 6.42. The monoisotopic (exact) mass is 482 g/mol. The van der Waals surface area contributed by atoms with Gasteiger partial charge in [0.15, 0.2) is 0 Å². The van der Waals surface area contributed by atoms with Crippen LogP contribution in [0, 0.1) is 11.8 Å². The van der Waals surface area contributed by atoms with Crippen molar-refractivity contribution in [3.05, 3.63) is 89.5 Å². The van der Waals surface area contributed by atoms with E-state index in [4.69, 9.17) is 5.11 Å². The number of nitrogens with zero attached hydrogens (tertiary/aromatic N) is 1. The van der Waals surface area contributed by atoms with E-state index in [0.717, 1.165) is 12.3 Å². The maximum absolute atomic E-state index is 12.5. The van der Waals surface area contributed by atoms with Crippen LogP contribution >= 0.6 is 0 Å². The molecule has 2 N–H and O–H groups in total. The van der Waals surface area contributed by atoms with Crippen molar-refractivity contribution in [3.8, 4) is 11.1 Å². The van der Waals surface area contributed by atoms with Crippen LogP contribution in [0.25, 0.3) is 11.1 Å². The Morgan fingerprint density at radius 2 is 1.47 bits per heavy atom. The molecule has 5 nitrogen and oxygen atoms in total. The van der Waals surface area contributed by atoms with Gasteiger partial charge in [0.2, 0.25) is 0 Å². The van der Waals surface area contributed by atoms with Crippen molar-refractivity contribution < 1.29 is 14.7 Å². The first kappa shape index (κ1) is 24.1. The van der Waals surface area contributed by atoms with Crippen molar-refractivity contribution in [2.45, 2.75) is 37.5 Å². The van der Waals surface area contributed by atoms with Gasteiger partial charge in [-0.2, -0.15) is 0 Å². The second kappa shape index (κ2) is 9.81. The molecule has 0 heterocycles. The molecule has 5 rings (SSSR count). The van der Waals surface area contributed by atoms with Crippen molar-refractivity contribution in [1.82, 2.24) is 5.32 Å². The van der Waals surface area contributed by atoms with E-state index in [-0.39, 0.29) is 24.3 Å². The van der Waals surface area contributed by atoms with Crippen LogP contribution in [0.3, 0.4) is 0 Å². The highest BCUT2D eigenvalue weighted by Crippen LogP contribution is 2.60. The average Bonchev–Trinajstić information content (AvgIpc) is 3.51. The van der Waals surface area contributed by atoms with Gasteiger partial charge in [-0.25, -0.2) is 0 Å². The molecule has 1 amide bonds. The molecule has 0 aliphatic heterocycles. The summed E-state index contributed by atoms with van der Waals surface area (Å²) >= 11 is 0. The van der Waals surface area contributed by atoms with E-state index in [0.29, 0.717) is 11.5 Å². The van der Waals surface area contributed by atoms with Crippen molar-refractivity contribution in [1.29, 1.82) is 0 Å². The van der Waals surface area contributed by atoms with Gasteiger partial charge in [0.1, 0.15) is 0 Å². The van der Waals surface area contributed by atoms with Crippen LogP contribution < -0.4 is 10.2 Å². The van der Waals surface area contributed by atoms with E-state index in [1.54, 1.807) is 0 Å². The summed E-state index contributed by atoms with van der Waals surface area (Å²) in [7, 11) is 4.11. The maximum atomic E-state index is 12.5. The van der Waals surface area contributed by atoms with Gasteiger partial charge in [0, 0.05) is 37.3 Å². The largest absolute Gasteiger partial charge is 0.481 e. The van der Waals surface area contributed by atoms with Crippen molar-refractivity contribution in [2.24, 2.45) is 11.8 Å². The van der Waals surface area contributed by atoms with Crippen LogP contribution in [0.15, 0.2) is 72.8 Å². The number of anilines is 1. The zero-order valence-electron chi connectivity index (χ0n) is 21.0. The second-order valence-corrected chi connectivity index (χ2v) is 10.5. The fraction of sp³-hybridized carbons (Fsp3) is 0.355. The Hall–Kier alpha value is -3.60. The summed E-state index contributed by atoms with van der Waals surface area (Å²) < 4.78 is 0. The van der Waals surface area contributed by atoms with Gasteiger partial charge in [0.05, 0.1) is 6.42 Å². The smallest absolute Gasteiger partial charge is 0.305 e. The lowest BCUT2D eigenvalue weighted by molar-refractivity contribution is -0.136. The zero-order valence-corrected chi connectivity index (χ0v) is 21.0. The molecule has 3 aromatic carbocycles. The minimum atomic E-state index is -0.916. The topological polar surface area (TPSA) is 69.6 Å².